The van der Waals surface area contributed by atoms with E-state index in [1.54, 1.807) is 18.0 Å². The Hall–Kier alpha value is -3.25. The van der Waals surface area contributed by atoms with Crippen LogP contribution in [0.1, 0.15) is 30.1 Å². The minimum atomic E-state index is -0.775. The molecule has 166 valence electrons. The van der Waals surface area contributed by atoms with Gasteiger partial charge in [-0.1, -0.05) is 25.2 Å². The second kappa shape index (κ2) is 9.71. The van der Waals surface area contributed by atoms with Crippen molar-refractivity contribution in [2.75, 3.05) is 31.5 Å². The van der Waals surface area contributed by atoms with Crippen LogP contribution in [-0.2, 0) is 4.74 Å². The number of carbonyl (C=O) groups excluding carboxylic acids is 1. The Morgan fingerprint density at radius 3 is 2.71 bits per heavy atom. The summed E-state index contributed by atoms with van der Waals surface area (Å²) in [7, 11) is 2.95. The lowest BCUT2D eigenvalue weighted by Gasteiger charge is -2.23. The molecule has 0 aliphatic carbocycles. The highest BCUT2D eigenvalue weighted by molar-refractivity contribution is 7.17. The molecule has 0 unspecified atom stereocenters. The number of ether oxygens (including phenoxy) is 2. The Kier molecular flexibility index (Phi) is 7.02. The molecule has 11 nitrogen and oxygen atoms in total. The summed E-state index contributed by atoms with van der Waals surface area (Å²) in [6, 6.07) is 3.13. The molecule has 0 aromatic carbocycles. The van der Waals surface area contributed by atoms with Crippen LogP contribution in [0.3, 0.4) is 0 Å². The molecule has 3 aromatic heterocycles. The maximum atomic E-state index is 12.7. The average molecular weight is 449 g/mol. The fourth-order valence-corrected chi connectivity index (χ4v) is 3.51. The fourth-order valence-electron chi connectivity index (χ4n) is 2.75. The van der Waals surface area contributed by atoms with Crippen molar-refractivity contribution in [1.29, 1.82) is 0 Å². The summed E-state index contributed by atoms with van der Waals surface area (Å²) in [5, 5.41) is 18.7. The molecule has 3 aromatic rings. The summed E-state index contributed by atoms with van der Waals surface area (Å²) in [4.78, 5) is 25.1. The summed E-state index contributed by atoms with van der Waals surface area (Å²) in [6.45, 7) is 6.30. The predicted molar refractivity (Wildman–Crippen MR) is 115 cm³/mol. The molecule has 0 aliphatic rings. The largest absolute Gasteiger partial charge is 0.488 e. The molecule has 2 N–H and O–H groups in total. The van der Waals surface area contributed by atoms with Gasteiger partial charge in [-0.2, -0.15) is 5.10 Å². The molecule has 0 aliphatic heterocycles. The molecule has 0 fully saturated rings. The van der Waals surface area contributed by atoms with Gasteiger partial charge in [0.15, 0.2) is 5.76 Å². The Labute approximate surface area is 182 Å². The van der Waals surface area contributed by atoms with Gasteiger partial charge in [-0.25, -0.2) is 9.48 Å². The first-order chi connectivity index (χ1) is 14.8. The molecule has 1 atom stereocenters. The van der Waals surface area contributed by atoms with Crippen molar-refractivity contribution >= 4 is 28.1 Å². The molecule has 31 heavy (non-hydrogen) atoms. The van der Waals surface area contributed by atoms with E-state index in [0.29, 0.717) is 17.4 Å². The van der Waals surface area contributed by atoms with Crippen molar-refractivity contribution in [3.63, 3.8) is 0 Å². The van der Waals surface area contributed by atoms with E-state index in [-0.39, 0.29) is 28.6 Å². The van der Waals surface area contributed by atoms with Crippen molar-refractivity contribution in [3.8, 4) is 10.9 Å². The monoisotopic (exact) mass is 448 g/mol. The van der Waals surface area contributed by atoms with Gasteiger partial charge >= 0.3 is 5.63 Å². The van der Waals surface area contributed by atoms with Crippen LogP contribution in [0, 0.1) is 12.8 Å². The number of methoxy groups -OCH3 is 2. The van der Waals surface area contributed by atoms with E-state index in [1.807, 2.05) is 26.8 Å². The summed E-state index contributed by atoms with van der Waals surface area (Å²) in [5.41, 5.74) is 0.439. The molecular weight excluding hydrogens is 424 g/mol. The lowest BCUT2D eigenvalue weighted by molar-refractivity contribution is 0.0991. The summed E-state index contributed by atoms with van der Waals surface area (Å²) in [5.74, 6) is -0.666. The van der Waals surface area contributed by atoms with Crippen LogP contribution < -0.4 is 21.0 Å². The molecule has 0 radical (unpaired) electrons. The lowest BCUT2D eigenvalue weighted by atomic mass is 10.0. The molecule has 1 amide bonds. The Morgan fingerprint density at radius 1 is 1.32 bits per heavy atom. The third kappa shape index (κ3) is 5.09. The SMILES string of the molecule is COC[C@@H](Nc1cc(C(=O)Nc2nnc(-n3nccc3C)s2)oc(=O)c1OC)C(C)C. The van der Waals surface area contributed by atoms with Crippen LogP contribution in [0.25, 0.3) is 5.13 Å². The zero-order valence-corrected chi connectivity index (χ0v) is 18.6. The molecular formula is C19H24N6O5S. The van der Waals surface area contributed by atoms with Crippen LogP contribution in [0.2, 0.25) is 0 Å². The quantitative estimate of drug-likeness (QED) is 0.506. The van der Waals surface area contributed by atoms with Crippen LogP contribution in [-0.4, -0.2) is 52.8 Å². The number of amides is 1. The van der Waals surface area contributed by atoms with Gasteiger partial charge in [0.1, 0.15) is 0 Å². The second-order valence-corrected chi connectivity index (χ2v) is 7.98. The first-order valence-electron chi connectivity index (χ1n) is 9.47. The van der Waals surface area contributed by atoms with E-state index >= 15 is 0 Å². The summed E-state index contributed by atoms with van der Waals surface area (Å²) < 4.78 is 17.2. The number of carbonyl (C=O) groups is 1. The lowest BCUT2D eigenvalue weighted by Crippen LogP contribution is -2.31. The van der Waals surface area contributed by atoms with Crippen LogP contribution in [0.4, 0.5) is 10.8 Å². The third-order valence-corrected chi connectivity index (χ3v) is 5.29. The van der Waals surface area contributed by atoms with Crippen LogP contribution in [0.5, 0.6) is 5.75 Å². The first-order valence-corrected chi connectivity index (χ1v) is 10.3. The van der Waals surface area contributed by atoms with E-state index in [2.05, 4.69) is 25.9 Å². The van der Waals surface area contributed by atoms with Gasteiger partial charge in [0.2, 0.25) is 16.0 Å². The highest BCUT2D eigenvalue weighted by atomic mass is 32.1. The topological polar surface area (TPSA) is 133 Å². The Morgan fingerprint density at radius 2 is 2.10 bits per heavy atom. The Balaban J connectivity index is 1.84. The molecule has 3 heterocycles. The number of hydrogen-bond donors (Lipinski definition) is 2. The Bertz CT molecular complexity index is 1110. The maximum absolute atomic E-state index is 12.7. The zero-order valence-electron chi connectivity index (χ0n) is 17.8. The molecule has 12 heteroatoms. The van der Waals surface area contributed by atoms with Gasteiger partial charge < -0.3 is 19.2 Å². The van der Waals surface area contributed by atoms with E-state index in [0.717, 1.165) is 17.0 Å². The molecule has 0 spiro atoms. The normalized spacial score (nSPS) is 12.1. The minimum Gasteiger partial charge on any atom is -0.488 e. The first kappa shape index (κ1) is 22.4. The van der Waals surface area contributed by atoms with Gasteiger partial charge in [0.25, 0.3) is 5.91 Å². The highest BCUT2D eigenvalue weighted by Gasteiger charge is 2.22. The molecule has 3 rings (SSSR count). The van der Waals surface area contributed by atoms with Crippen molar-refractivity contribution in [2.24, 2.45) is 5.92 Å². The number of aromatic nitrogens is 4. The van der Waals surface area contributed by atoms with Crippen LogP contribution in [0.15, 0.2) is 27.5 Å². The number of nitrogens with one attached hydrogen (secondary N) is 2. The smallest absolute Gasteiger partial charge is 0.381 e. The zero-order chi connectivity index (χ0) is 22.5. The summed E-state index contributed by atoms with van der Waals surface area (Å²) in [6.07, 6.45) is 1.64. The maximum Gasteiger partial charge on any atom is 0.381 e. The standard InChI is InChI=1S/C19H24N6O5S/c1-10(2)13(9-28-4)21-12-8-14(30-17(27)15(12)29-5)16(26)22-18-23-24-19(31-18)25-11(3)6-7-20-25/h6-8,10,13,21H,9H2,1-5H3,(H,22,23,26)/t13-/m1/s1. The van der Waals surface area contributed by atoms with E-state index in [1.165, 1.54) is 13.2 Å². The van der Waals surface area contributed by atoms with Crippen molar-refractivity contribution < 1.29 is 18.7 Å². The summed E-state index contributed by atoms with van der Waals surface area (Å²) >= 11 is 1.13. The van der Waals surface area contributed by atoms with Crippen molar-refractivity contribution in [2.45, 2.75) is 26.8 Å². The number of anilines is 2. The van der Waals surface area contributed by atoms with Gasteiger partial charge in [0, 0.05) is 25.1 Å². The highest BCUT2D eigenvalue weighted by Crippen LogP contribution is 2.25. The molecule has 0 saturated heterocycles. The van der Waals surface area contributed by atoms with Gasteiger partial charge in [-0.3, -0.25) is 10.1 Å². The van der Waals surface area contributed by atoms with E-state index in [9.17, 15) is 9.59 Å². The van der Waals surface area contributed by atoms with Gasteiger partial charge in [-0.15, -0.1) is 10.2 Å². The van der Waals surface area contributed by atoms with Crippen molar-refractivity contribution in [1.82, 2.24) is 20.0 Å². The van der Waals surface area contributed by atoms with E-state index < -0.39 is 11.5 Å². The minimum absolute atomic E-state index is 0.0225. The molecule has 0 bridgehead atoms. The predicted octanol–water partition coefficient (Wildman–Crippen LogP) is 2.33. The second-order valence-electron chi connectivity index (χ2n) is 7.02. The average Bonchev–Trinajstić information content (AvgIpc) is 3.35. The number of nitrogens with zero attached hydrogens (tertiary/aromatic N) is 4. The van der Waals surface area contributed by atoms with Crippen LogP contribution >= 0.6 is 11.3 Å². The van der Waals surface area contributed by atoms with Gasteiger partial charge in [-0.05, 0) is 18.9 Å². The number of aryl methyl sites for hydroxylation is 1. The number of hydrogen-bond acceptors (Lipinski definition) is 10. The fraction of sp³-hybridized carbons (Fsp3) is 0.421. The molecule has 0 saturated carbocycles. The van der Waals surface area contributed by atoms with E-state index in [4.69, 9.17) is 13.9 Å². The van der Waals surface area contributed by atoms with Gasteiger partial charge in [0.05, 0.1) is 25.4 Å². The third-order valence-electron chi connectivity index (χ3n) is 4.48. The van der Waals surface area contributed by atoms with Crippen molar-refractivity contribution in [3.05, 3.63) is 40.2 Å². The number of rotatable bonds is 9.